The highest BCUT2D eigenvalue weighted by Crippen LogP contribution is 2.40. The number of hydrogen-bond acceptors (Lipinski definition) is 1. The Morgan fingerprint density at radius 2 is 1.68 bits per heavy atom. The molecule has 0 saturated heterocycles. The van der Waals surface area contributed by atoms with Gasteiger partial charge in [-0.3, -0.25) is 0 Å². The van der Waals surface area contributed by atoms with Crippen LogP contribution in [-0.2, 0) is 0 Å². The summed E-state index contributed by atoms with van der Waals surface area (Å²) in [5.41, 5.74) is 10.8. The van der Waals surface area contributed by atoms with Crippen molar-refractivity contribution in [2.45, 2.75) is 53.5 Å². The summed E-state index contributed by atoms with van der Waals surface area (Å²) in [7, 11) is 0. The first-order valence-electron chi connectivity index (χ1n) is 7.69. The van der Waals surface area contributed by atoms with Crippen LogP contribution in [0.2, 0.25) is 0 Å². The normalized spacial score (nSPS) is 35.8. The predicted molar refractivity (Wildman–Crippen MR) is 83.8 cm³/mol. The molecule has 19 heavy (non-hydrogen) atoms. The fraction of sp³-hybridized carbons (Fsp3) is 0.667. The molecule has 0 heterocycles. The van der Waals surface area contributed by atoms with Crippen LogP contribution in [0.5, 0.6) is 0 Å². The van der Waals surface area contributed by atoms with Crippen molar-refractivity contribution in [3.8, 4) is 0 Å². The standard InChI is InChI=1S/C18H29N/c1-11(2)12(3)6-17-9-15-7-13(4)14(5)8-16(15)10-18(17)19/h6-8,11,15-18H,9-10,19H2,1-5H3/b12-6-. The smallest absolute Gasteiger partial charge is 0.0108 e. The van der Waals surface area contributed by atoms with E-state index in [4.69, 9.17) is 5.73 Å². The summed E-state index contributed by atoms with van der Waals surface area (Å²) >= 11 is 0. The molecule has 2 N–H and O–H groups in total. The Hall–Kier alpha value is -0.820. The Bertz CT molecular complexity index is 425. The van der Waals surface area contributed by atoms with Gasteiger partial charge in [-0.2, -0.15) is 0 Å². The van der Waals surface area contributed by atoms with E-state index < -0.39 is 0 Å². The van der Waals surface area contributed by atoms with Gasteiger partial charge < -0.3 is 5.73 Å². The molecular formula is C18H29N. The monoisotopic (exact) mass is 259 g/mol. The van der Waals surface area contributed by atoms with E-state index in [1.165, 1.54) is 23.1 Å². The van der Waals surface area contributed by atoms with Crippen LogP contribution in [0.4, 0.5) is 0 Å². The third-order valence-electron chi connectivity index (χ3n) is 5.13. The van der Waals surface area contributed by atoms with Crippen molar-refractivity contribution in [3.05, 3.63) is 34.9 Å². The van der Waals surface area contributed by atoms with Gasteiger partial charge in [0.1, 0.15) is 0 Å². The molecule has 1 saturated carbocycles. The molecule has 4 unspecified atom stereocenters. The van der Waals surface area contributed by atoms with E-state index in [9.17, 15) is 0 Å². The minimum absolute atomic E-state index is 0.325. The van der Waals surface area contributed by atoms with Gasteiger partial charge in [0.2, 0.25) is 0 Å². The summed E-state index contributed by atoms with van der Waals surface area (Å²) in [5.74, 6) is 2.56. The van der Waals surface area contributed by atoms with E-state index in [0.717, 1.165) is 6.42 Å². The average molecular weight is 259 g/mol. The first-order chi connectivity index (χ1) is 8.88. The van der Waals surface area contributed by atoms with Crippen LogP contribution in [0.15, 0.2) is 34.9 Å². The highest BCUT2D eigenvalue weighted by atomic mass is 14.7. The van der Waals surface area contributed by atoms with Gasteiger partial charge >= 0.3 is 0 Å². The second-order valence-electron chi connectivity index (χ2n) is 6.89. The molecule has 0 aliphatic heterocycles. The van der Waals surface area contributed by atoms with Crippen LogP contribution >= 0.6 is 0 Å². The van der Waals surface area contributed by atoms with Crippen molar-refractivity contribution >= 4 is 0 Å². The molecule has 0 aromatic carbocycles. The minimum Gasteiger partial charge on any atom is -0.327 e. The maximum absolute atomic E-state index is 6.42. The second kappa shape index (κ2) is 5.66. The Kier molecular flexibility index (Phi) is 4.35. The molecule has 106 valence electrons. The quantitative estimate of drug-likeness (QED) is 0.728. The topological polar surface area (TPSA) is 26.0 Å². The van der Waals surface area contributed by atoms with E-state index in [0.29, 0.717) is 29.7 Å². The number of fused-ring (bicyclic) bond motifs is 1. The molecular weight excluding hydrogens is 230 g/mol. The molecule has 2 rings (SSSR count). The zero-order chi connectivity index (χ0) is 14.2. The molecule has 0 radical (unpaired) electrons. The molecule has 0 bridgehead atoms. The third-order valence-corrected chi connectivity index (χ3v) is 5.13. The van der Waals surface area contributed by atoms with Gasteiger partial charge in [0.05, 0.1) is 0 Å². The fourth-order valence-corrected chi connectivity index (χ4v) is 3.34. The third kappa shape index (κ3) is 3.20. The zero-order valence-corrected chi connectivity index (χ0v) is 13.1. The number of hydrogen-bond donors (Lipinski definition) is 1. The van der Waals surface area contributed by atoms with Gasteiger partial charge in [-0.25, -0.2) is 0 Å². The van der Waals surface area contributed by atoms with Crippen LogP contribution in [-0.4, -0.2) is 6.04 Å². The molecule has 0 aromatic heterocycles. The Morgan fingerprint density at radius 3 is 2.21 bits per heavy atom. The summed E-state index contributed by atoms with van der Waals surface area (Å²) in [5, 5.41) is 0. The lowest BCUT2D eigenvalue weighted by atomic mass is 9.68. The lowest BCUT2D eigenvalue weighted by Crippen LogP contribution is -2.40. The minimum atomic E-state index is 0.325. The lowest BCUT2D eigenvalue weighted by molar-refractivity contribution is 0.247. The highest BCUT2D eigenvalue weighted by molar-refractivity contribution is 5.33. The van der Waals surface area contributed by atoms with Crippen LogP contribution in [0, 0.1) is 23.7 Å². The lowest BCUT2D eigenvalue weighted by Gasteiger charge is -2.39. The summed E-state index contributed by atoms with van der Waals surface area (Å²) < 4.78 is 0. The maximum atomic E-state index is 6.42. The van der Waals surface area contributed by atoms with Crippen molar-refractivity contribution < 1.29 is 0 Å². The maximum Gasteiger partial charge on any atom is 0.0108 e. The molecule has 2 aliphatic carbocycles. The average Bonchev–Trinajstić information content (AvgIpc) is 2.32. The van der Waals surface area contributed by atoms with Crippen molar-refractivity contribution in [1.29, 1.82) is 0 Å². The molecule has 1 fully saturated rings. The van der Waals surface area contributed by atoms with E-state index >= 15 is 0 Å². The van der Waals surface area contributed by atoms with Crippen molar-refractivity contribution in [2.75, 3.05) is 0 Å². The molecule has 2 aliphatic rings. The molecule has 0 spiro atoms. The van der Waals surface area contributed by atoms with E-state index in [1.54, 1.807) is 0 Å². The summed E-state index contributed by atoms with van der Waals surface area (Å²) in [6.07, 6.45) is 9.74. The second-order valence-corrected chi connectivity index (χ2v) is 6.89. The van der Waals surface area contributed by atoms with Crippen molar-refractivity contribution in [2.24, 2.45) is 29.4 Å². The number of rotatable bonds is 2. The van der Waals surface area contributed by atoms with Crippen molar-refractivity contribution in [3.63, 3.8) is 0 Å². The number of nitrogens with two attached hydrogens (primary N) is 1. The van der Waals surface area contributed by atoms with E-state index in [2.05, 4.69) is 52.8 Å². The molecule has 1 heteroatoms. The van der Waals surface area contributed by atoms with E-state index in [1.807, 2.05) is 0 Å². The van der Waals surface area contributed by atoms with Crippen LogP contribution in [0.1, 0.15) is 47.5 Å². The van der Waals surface area contributed by atoms with Gasteiger partial charge in [0.15, 0.2) is 0 Å². The number of allylic oxidation sites excluding steroid dienone is 5. The van der Waals surface area contributed by atoms with Gasteiger partial charge in [0.25, 0.3) is 0 Å². The van der Waals surface area contributed by atoms with Gasteiger partial charge in [-0.1, -0.05) is 48.8 Å². The summed E-state index contributed by atoms with van der Waals surface area (Å²) in [4.78, 5) is 0. The van der Waals surface area contributed by atoms with Gasteiger partial charge in [0, 0.05) is 6.04 Å². The fourth-order valence-electron chi connectivity index (χ4n) is 3.34. The Balaban J connectivity index is 2.14. The van der Waals surface area contributed by atoms with Crippen molar-refractivity contribution in [1.82, 2.24) is 0 Å². The first-order valence-corrected chi connectivity index (χ1v) is 7.69. The predicted octanol–water partition coefficient (Wildman–Crippen LogP) is 4.46. The summed E-state index contributed by atoms with van der Waals surface area (Å²) in [6, 6.07) is 0.325. The molecule has 0 amide bonds. The largest absolute Gasteiger partial charge is 0.327 e. The van der Waals surface area contributed by atoms with E-state index in [-0.39, 0.29) is 0 Å². The molecule has 0 aromatic rings. The molecule has 1 nitrogen and oxygen atoms in total. The zero-order valence-electron chi connectivity index (χ0n) is 13.1. The molecule has 4 atom stereocenters. The van der Waals surface area contributed by atoms with Gasteiger partial charge in [-0.05, 0) is 57.3 Å². The summed E-state index contributed by atoms with van der Waals surface area (Å²) in [6.45, 7) is 11.2. The SMILES string of the molecule is CC1=CC2CC(N)C(/C=C(/C)C(C)C)CC2C=C1C. The first kappa shape index (κ1) is 14.6. The highest BCUT2D eigenvalue weighted by Gasteiger charge is 2.34. The Morgan fingerprint density at radius 1 is 1.16 bits per heavy atom. The van der Waals surface area contributed by atoms with Crippen LogP contribution in [0.3, 0.4) is 0 Å². The van der Waals surface area contributed by atoms with Crippen LogP contribution < -0.4 is 5.73 Å². The Labute approximate surface area is 118 Å². The van der Waals surface area contributed by atoms with Crippen LogP contribution in [0.25, 0.3) is 0 Å². The van der Waals surface area contributed by atoms with Gasteiger partial charge in [-0.15, -0.1) is 0 Å².